The zero-order valence-corrected chi connectivity index (χ0v) is 9.68. The predicted molar refractivity (Wildman–Crippen MR) is 61.3 cm³/mol. The minimum absolute atomic E-state index is 0.0406. The molecule has 2 rings (SSSR count). The van der Waals surface area contributed by atoms with Crippen LogP contribution in [-0.4, -0.2) is 18.3 Å². The van der Waals surface area contributed by atoms with Crippen LogP contribution >= 0.6 is 0 Å². The third-order valence-corrected chi connectivity index (χ3v) is 2.71. The van der Waals surface area contributed by atoms with Gasteiger partial charge in [-0.2, -0.15) is 8.78 Å². The number of halogens is 2. The van der Waals surface area contributed by atoms with Crippen molar-refractivity contribution in [3.63, 3.8) is 0 Å². The highest BCUT2D eigenvalue weighted by Gasteiger charge is 2.17. The molecule has 0 aromatic heterocycles. The molecule has 0 saturated heterocycles. The Labute approximate surface area is 104 Å². The average Bonchev–Trinajstić information content (AvgIpc) is 2.38. The molecule has 98 valence electrons. The van der Waals surface area contributed by atoms with Crippen LogP contribution in [0.5, 0.6) is 5.75 Å². The summed E-state index contributed by atoms with van der Waals surface area (Å²) in [6, 6.07) is 6.07. The Morgan fingerprint density at radius 1 is 1.33 bits per heavy atom. The van der Waals surface area contributed by atoms with Crippen LogP contribution in [0, 0.1) is 0 Å². The van der Waals surface area contributed by atoms with Gasteiger partial charge in [-0.15, -0.1) is 0 Å². The normalized spacial score (nSPS) is 17.0. The summed E-state index contributed by atoms with van der Waals surface area (Å²) in [6.45, 7) is -2.22. The van der Waals surface area contributed by atoms with Crippen molar-refractivity contribution in [1.82, 2.24) is 0 Å². The first-order chi connectivity index (χ1) is 8.66. The highest BCUT2D eigenvalue weighted by atomic mass is 19.3. The van der Waals surface area contributed by atoms with Gasteiger partial charge in [0.2, 0.25) is 0 Å². The summed E-state index contributed by atoms with van der Waals surface area (Å²) < 4.78 is 33.6. The fourth-order valence-electron chi connectivity index (χ4n) is 1.86. The summed E-state index contributed by atoms with van der Waals surface area (Å²) in [6.07, 6.45) is 2.28. The van der Waals surface area contributed by atoms with Crippen LogP contribution in [0.4, 0.5) is 8.78 Å². The Bertz CT molecular complexity index is 432. The second-order valence-electron chi connectivity index (χ2n) is 4.02. The van der Waals surface area contributed by atoms with Crippen molar-refractivity contribution in [3.8, 4) is 5.75 Å². The molecule has 0 aliphatic carbocycles. The molecule has 18 heavy (non-hydrogen) atoms. The Morgan fingerprint density at radius 2 is 2.17 bits per heavy atom. The number of hydrogen-bond donors (Lipinski definition) is 1. The molecule has 0 amide bonds. The predicted octanol–water partition coefficient (Wildman–Crippen LogP) is 3.02. The molecule has 1 unspecified atom stereocenters. The van der Waals surface area contributed by atoms with Crippen LogP contribution in [0.1, 0.15) is 24.5 Å². The molecular formula is C13H14F2O3. The smallest absolute Gasteiger partial charge is 0.387 e. The highest BCUT2D eigenvalue weighted by Crippen LogP contribution is 2.29. The van der Waals surface area contributed by atoms with E-state index in [2.05, 4.69) is 4.74 Å². The van der Waals surface area contributed by atoms with Gasteiger partial charge in [0.05, 0.1) is 12.9 Å². The molecular weight excluding hydrogens is 242 g/mol. The molecule has 0 bridgehead atoms. The van der Waals surface area contributed by atoms with E-state index in [-0.39, 0.29) is 5.75 Å². The van der Waals surface area contributed by atoms with Crippen molar-refractivity contribution in [2.75, 3.05) is 6.61 Å². The summed E-state index contributed by atoms with van der Waals surface area (Å²) in [7, 11) is 0. The van der Waals surface area contributed by atoms with Gasteiger partial charge in [0.15, 0.2) is 0 Å². The molecule has 1 aromatic rings. The maximum absolute atomic E-state index is 12.1. The van der Waals surface area contributed by atoms with E-state index in [9.17, 15) is 13.9 Å². The molecule has 1 aliphatic rings. The van der Waals surface area contributed by atoms with E-state index in [1.54, 1.807) is 12.1 Å². The van der Waals surface area contributed by atoms with E-state index in [0.717, 1.165) is 18.4 Å². The lowest BCUT2D eigenvalue weighted by molar-refractivity contribution is -0.0499. The van der Waals surface area contributed by atoms with Gasteiger partial charge in [0.25, 0.3) is 0 Å². The summed E-state index contributed by atoms with van der Waals surface area (Å²) in [4.78, 5) is 0. The Balaban J connectivity index is 2.14. The summed E-state index contributed by atoms with van der Waals surface area (Å²) >= 11 is 0. The van der Waals surface area contributed by atoms with Crippen molar-refractivity contribution in [1.29, 1.82) is 0 Å². The van der Waals surface area contributed by atoms with Crippen molar-refractivity contribution in [3.05, 3.63) is 41.7 Å². The molecule has 5 heteroatoms. The lowest BCUT2D eigenvalue weighted by Gasteiger charge is -2.19. The third-order valence-electron chi connectivity index (χ3n) is 2.71. The lowest BCUT2D eigenvalue weighted by Crippen LogP contribution is -2.08. The molecule has 0 fully saturated rings. The first kappa shape index (κ1) is 12.8. The second-order valence-corrected chi connectivity index (χ2v) is 4.02. The van der Waals surface area contributed by atoms with E-state index in [1.807, 2.05) is 0 Å². The molecule has 3 nitrogen and oxygen atoms in total. The number of ether oxygens (including phenoxy) is 2. The topological polar surface area (TPSA) is 38.7 Å². The van der Waals surface area contributed by atoms with Crippen LogP contribution in [0.2, 0.25) is 0 Å². The minimum Gasteiger partial charge on any atom is -0.501 e. The molecule has 0 spiro atoms. The monoisotopic (exact) mass is 256 g/mol. The highest BCUT2D eigenvalue weighted by molar-refractivity contribution is 5.33. The van der Waals surface area contributed by atoms with E-state index < -0.39 is 12.7 Å². The van der Waals surface area contributed by atoms with Crippen LogP contribution in [-0.2, 0) is 4.74 Å². The first-order valence-corrected chi connectivity index (χ1v) is 5.70. The summed E-state index contributed by atoms with van der Waals surface area (Å²) in [5.74, 6) is 0.0406. The largest absolute Gasteiger partial charge is 0.501 e. The zero-order chi connectivity index (χ0) is 13.0. The fourth-order valence-corrected chi connectivity index (χ4v) is 1.86. The first-order valence-electron chi connectivity index (χ1n) is 5.70. The van der Waals surface area contributed by atoms with Crippen LogP contribution in [0.25, 0.3) is 0 Å². The molecule has 0 radical (unpaired) electrons. The fraction of sp³-hybridized carbons (Fsp3) is 0.385. The maximum atomic E-state index is 12.1. The zero-order valence-electron chi connectivity index (χ0n) is 9.68. The molecule has 1 N–H and O–H groups in total. The minimum atomic E-state index is -2.87. The number of aliphatic hydroxyl groups excluding tert-OH is 1. The molecule has 1 heterocycles. The van der Waals surface area contributed by atoms with Gasteiger partial charge in [-0.1, -0.05) is 12.1 Å². The summed E-state index contributed by atoms with van der Waals surface area (Å²) in [5.41, 5.74) is 1.26. The van der Waals surface area contributed by atoms with Gasteiger partial charge in [0.1, 0.15) is 11.9 Å². The van der Waals surface area contributed by atoms with Crippen molar-refractivity contribution < 1.29 is 23.4 Å². The van der Waals surface area contributed by atoms with Gasteiger partial charge in [-0.25, -0.2) is 0 Å². The van der Waals surface area contributed by atoms with Crippen LogP contribution < -0.4 is 4.74 Å². The number of aliphatic hydroxyl groups is 1. The van der Waals surface area contributed by atoms with Crippen LogP contribution in [0.3, 0.4) is 0 Å². The molecule has 0 saturated carbocycles. The van der Waals surface area contributed by atoms with E-state index in [0.29, 0.717) is 12.2 Å². The van der Waals surface area contributed by atoms with Gasteiger partial charge < -0.3 is 14.6 Å². The standard InChI is InChI=1S/C13H14F2O3/c14-13(15)18-11-5-1-3-9(7-11)12(16)10-4-2-6-17-8-10/h1,3,5,7-8,12-13,16H,2,4,6H2. The van der Waals surface area contributed by atoms with Gasteiger partial charge in [0, 0.05) is 0 Å². The van der Waals surface area contributed by atoms with Crippen molar-refractivity contribution >= 4 is 0 Å². The van der Waals surface area contributed by atoms with E-state index in [1.165, 1.54) is 18.4 Å². The molecule has 1 aliphatic heterocycles. The quantitative estimate of drug-likeness (QED) is 0.900. The van der Waals surface area contributed by atoms with Gasteiger partial charge in [-0.3, -0.25) is 0 Å². The lowest BCUT2D eigenvalue weighted by atomic mass is 9.98. The number of alkyl halides is 2. The third kappa shape index (κ3) is 3.20. The Morgan fingerprint density at radius 3 is 2.83 bits per heavy atom. The number of hydrogen-bond acceptors (Lipinski definition) is 3. The van der Waals surface area contributed by atoms with Crippen molar-refractivity contribution in [2.45, 2.75) is 25.6 Å². The average molecular weight is 256 g/mol. The SMILES string of the molecule is OC(C1=COCCC1)c1cccc(OC(F)F)c1. The number of rotatable bonds is 4. The Kier molecular flexibility index (Phi) is 4.15. The van der Waals surface area contributed by atoms with E-state index in [4.69, 9.17) is 4.74 Å². The van der Waals surface area contributed by atoms with Crippen molar-refractivity contribution in [2.24, 2.45) is 0 Å². The molecule has 1 aromatic carbocycles. The van der Waals surface area contributed by atoms with Gasteiger partial charge >= 0.3 is 6.61 Å². The second kappa shape index (κ2) is 5.82. The number of benzene rings is 1. The van der Waals surface area contributed by atoms with Crippen LogP contribution in [0.15, 0.2) is 36.1 Å². The maximum Gasteiger partial charge on any atom is 0.387 e. The van der Waals surface area contributed by atoms with E-state index >= 15 is 0 Å². The molecule has 1 atom stereocenters. The van der Waals surface area contributed by atoms with Gasteiger partial charge in [-0.05, 0) is 36.1 Å². The Hall–Kier alpha value is -1.62. The summed E-state index contributed by atoms with van der Waals surface area (Å²) in [5, 5.41) is 10.1.